The molecule has 0 aliphatic heterocycles. The first-order chi connectivity index (χ1) is 14.7. The van der Waals surface area contributed by atoms with E-state index >= 15 is 0 Å². The molecule has 0 spiro atoms. The molecule has 7 heteroatoms. The SMILES string of the molecule is COc1cc(CN=C(NCCc2ccco2)NC2CCCCC2)cc(OC)c1OC. The van der Waals surface area contributed by atoms with Crippen molar-refractivity contribution in [2.45, 2.75) is 51.1 Å². The molecule has 1 saturated carbocycles. The Morgan fingerprint density at radius 2 is 1.80 bits per heavy atom. The van der Waals surface area contributed by atoms with E-state index in [9.17, 15) is 0 Å². The monoisotopic (exact) mass is 415 g/mol. The summed E-state index contributed by atoms with van der Waals surface area (Å²) in [5.74, 6) is 3.64. The maximum Gasteiger partial charge on any atom is 0.203 e. The number of benzene rings is 1. The molecule has 0 amide bonds. The van der Waals surface area contributed by atoms with Crippen LogP contribution in [0.1, 0.15) is 43.4 Å². The quantitative estimate of drug-likeness (QED) is 0.478. The van der Waals surface area contributed by atoms with Crippen molar-refractivity contribution in [3.05, 3.63) is 41.9 Å². The summed E-state index contributed by atoms with van der Waals surface area (Å²) >= 11 is 0. The van der Waals surface area contributed by atoms with E-state index in [2.05, 4.69) is 10.6 Å². The van der Waals surface area contributed by atoms with E-state index in [4.69, 9.17) is 23.6 Å². The van der Waals surface area contributed by atoms with Gasteiger partial charge in [0.15, 0.2) is 17.5 Å². The Bertz CT molecular complexity index is 774. The van der Waals surface area contributed by atoms with Gasteiger partial charge in [-0.1, -0.05) is 19.3 Å². The van der Waals surface area contributed by atoms with Gasteiger partial charge in [0.2, 0.25) is 5.75 Å². The van der Waals surface area contributed by atoms with Gasteiger partial charge in [0, 0.05) is 19.0 Å². The van der Waals surface area contributed by atoms with Gasteiger partial charge in [0.1, 0.15) is 5.76 Å². The molecule has 0 bridgehead atoms. The predicted octanol–water partition coefficient (Wildman–Crippen LogP) is 3.92. The van der Waals surface area contributed by atoms with Crippen LogP contribution < -0.4 is 24.8 Å². The van der Waals surface area contributed by atoms with Gasteiger partial charge in [0.25, 0.3) is 0 Å². The number of nitrogens with zero attached hydrogens (tertiary/aromatic N) is 1. The Labute approximate surface area is 178 Å². The topological polar surface area (TPSA) is 77.2 Å². The highest BCUT2D eigenvalue weighted by Gasteiger charge is 2.16. The third-order valence-electron chi connectivity index (χ3n) is 5.33. The Morgan fingerprint density at radius 1 is 1.07 bits per heavy atom. The van der Waals surface area contributed by atoms with Gasteiger partial charge in [-0.3, -0.25) is 0 Å². The van der Waals surface area contributed by atoms with Crippen molar-refractivity contribution in [1.29, 1.82) is 0 Å². The molecule has 3 rings (SSSR count). The number of methoxy groups -OCH3 is 3. The zero-order valence-electron chi connectivity index (χ0n) is 18.2. The number of ether oxygens (including phenoxy) is 3. The van der Waals surface area contributed by atoms with Crippen LogP contribution in [0.15, 0.2) is 39.9 Å². The fraction of sp³-hybridized carbons (Fsp3) is 0.522. The average Bonchev–Trinajstić information content (AvgIpc) is 3.30. The minimum atomic E-state index is 0.466. The highest BCUT2D eigenvalue weighted by atomic mass is 16.5. The van der Waals surface area contributed by atoms with Crippen LogP contribution in [0.25, 0.3) is 0 Å². The molecule has 1 aromatic heterocycles. The van der Waals surface area contributed by atoms with E-state index in [-0.39, 0.29) is 0 Å². The second-order valence-electron chi connectivity index (χ2n) is 7.43. The summed E-state index contributed by atoms with van der Waals surface area (Å²) in [5.41, 5.74) is 0.986. The summed E-state index contributed by atoms with van der Waals surface area (Å²) in [5, 5.41) is 7.05. The number of hydrogen-bond acceptors (Lipinski definition) is 5. The van der Waals surface area contributed by atoms with E-state index in [0.29, 0.717) is 29.8 Å². The maximum atomic E-state index is 5.46. The van der Waals surface area contributed by atoms with Gasteiger partial charge >= 0.3 is 0 Å². The zero-order chi connectivity index (χ0) is 21.2. The van der Waals surface area contributed by atoms with Crippen LogP contribution in [-0.2, 0) is 13.0 Å². The van der Waals surface area contributed by atoms with Gasteiger partial charge in [-0.2, -0.15) is 0 Å². The summed E-state index contributed by atoms with van der Waals surface area (Å²) < 4.78 is 21.8. The summed E-state index contributed by atoms with van der Waals surface area (Å²) in [4.78, 5) is 4.83. The Kier molecular flexibility index (Phi) is 8.30. The van der Waals surface area contributed by atoms with E-state index in [1.54, 1.807) is 27.6 Å². The maximum absolute atomic E-state index is 5.46. The summed E-state index contributed by atoms with van der Waals surface area (Å²) in [6, 6.07) is 8.24. The summed E-state index contributed by atoms with van der Waals surface area (Å²) in [6.45, 7) is 1.25. The molecule has 2 N–H and O–H groups in total. The lowest BCUT2D eigenvalue weighted by Crippen LogP contribution is -2.44. The summed E-state index contributed by atoms with van der Waals surface area (Å²) in [7, 11) is 4.85. The van der Waals surface area contributed by atoms with Crippen molar-refractivity contribution in [2.24, 2.45) is 4.99 Å². The molecule has 1 heterocycles. The van der Waals surface area contributed by atoms with Gasteiger partial charge in [-0.15, -0.1) is 0 Å². The minimum Gasteiger partial charge on any atom is -0.493 e. The largest absolute Gasteiger partial charge is 0.493 e. The van der Waals surface area contributed by atoms with Crippen molar-refractivity contribution in [3.8, 4) is 17.2 Å². The molecule has 0 atom stereocenters. The third-order valence-corrected chi connectivity index (χ3v) is 5.33. The Morgan fingerprint density at radius 3 is 2.40 bits per heavy atom. The molecule has 7 nitrogen and oxygen atoms in total. The molecule has 1 aliphatic rings. The molecule has 0 saturated heterocycles. The number of rotatable bonds is 9. The fourth-order valence-electron chi connectivity index (χ4n) is 3.75. The molecule has 30 heavy (non-hydrogen) atoms. The highest BCUT2D eigenvalue weighted by molar-refractivity contribution is 5.80. The van der Waals surface area contributed by atoms with Gasteiger partial charge in [-0.05, 0) is 42.7 Å². The van der Waals surface area contributed by atoms with Crippen molar-refractivity contribution in [3.63, 3.8) is 0 Å². The lowest BCUT2D eigenvalue weighted by molar-refractivity contribution is 0.324. The number of nitrogens with one attached hydrogen (secondary N) is 2. The lowest BCUT2D eigenvalue weighted by Gasteiger charge is -2.25. The zero-order valence-corrected chi connectivity index (χ0v) is 18.2. The van der Waals surface area contributed by atoms with Crippen molar-refractivity contribution >= 4 is 5.96 Å². The molecular weight excluding hydrogens is 382 g/mol. The Balaban J connectivity index is 1.70. The van der Waals surface area contributed by atoms with Crippen LogP contribution in [-0.4, -0.2) is 39.9 Å². The van der Waals surface area contributed by atoms with E-state index < -0.39 is 0 Å². The third kappa shape index (κ3) is 6.08. The number of hydrogen-bond donors (Lipinski definition) is 2. The smallest absolute Gasteiger partial charge is 0.203 e. The lowest BCUT2D eigenvalue weighted by atomic mass is 9.96. The van der Waals surface area contributed by atoms with Crippen LogP contribution in [0.4, 0.5) is 0 Å². The van der Waals surface area contributed by atoms with Gasteiger partial charge < -0.3 is 29.3 Å². The van der Waals surface area contributed by atoms with Gasteiger partial charge in [0.05, 0.1) is 34.1 Å². The molecular formula is C23H33N3O4. The minimum absolute atomic E-state index is 0.466. The second kappa shape index (κ2) is 11.4. The highest BCUT2D eigenvalue weighted by Crippen LogP contribution is 2.38. The Hall–Kier alpha value is -2.83. The molecule has 0 radical (unpaired) electrons. The molecule has 1 fully saturated rings. The number of aliphatic imine (C=N–C) groups is 1. The van der Waals surface area contributed by atoms with Crippen molar-refractivity contribution < 1.29 is 18.6 Å². The van der Waals surface area contributed by atoms with Crippen molar-refractivity contribution in [1.82, 2.24) is 10.6 Å². The predicted molar refractivity (Wildman–Crippen MR) is 118 cm³/mol. The van der Waals surface area contributed by atoms with Crippen LogP contribution in [0.2, 0.25) is 0 Å². The first kappa shape index (κ1) is 21.9. The normalized spacial score (nSPS) is 15.0. The van der Waals surface area contributed by atoms with E-state index in [1.807, 2.05) is 24.3 Å². The average molecular weight is 416 g/mol. The van der Waals surface area contributed by atoms with E-state index in [1.165, 1.54) is 32.1 Å². The van der Waals surface area contributed by atoms with Gasteiger partial charge in [-0.25, -0.2) is 4.99 Å². The first-order valence-electron chi connectivity index (χ1n) is 10.6. The molecule has 2 aromatic rings. The first-order valence-corrected chi connectivity index (χ1v) is 10.6. The van der Waals surface area contributed by atoms with E-state index in [0.717, 1.165) is 30.2 Å². The van der Waals surface area contributed by atoms with Crippen molar-refractivity contribution in [2.75, 3.05) is 27.9 Å². The van der Waals surface area contributed by atoms with Crippen LogP contribution in [0.3, 0.4) is 0 Å². The molecule has 1 aliphatic carbocycles. The van der Waals surface area contributed by atoms with Crippen LogP contribution in [0, 0.1) is 0 Å². The van der Waals surface area contributed by atoms with Crippen LogP contribution >= 0.6 is 0 Å². The number of furan rings is 1. The van der Waals surface area contributed by atoms with Crippen LogP contribution in [0.5, 0.6) is 17.2 Å². The molecule has 164 valence electrons. The molecule has 0 unspecified atom stereocenters. The second-order valence-corrected chi connectivity index (χ2v) is 7.43. The standard InChI is InChI=1S/C23H33N3O4/c1-27-20-14-17(15-21(28-2)22(20)29-3)16-25-23(26-18-8-5-4-6-9-18)24-12-11-19-10-7-13-30-19/h7,10,13-15,18H,4-6,8-9,11-12,16H2,1-3H3,(H2,24,25,26). The molecule has 1 aromatic carbocycles. The number of guanidine groups is 1. The summed E-state index contributed by atoms with van der Waals surface area (Å²) in [6.07, 6.45) is 8.74. The fourth-order valence-corrected chi connectivity index (χ4v) is 3.75.